The van der Waals surface area contributed by atoms with Gasteiger partial charge >= 0.3 is 0 Å². The van der Waals surface area contributed by atoms with Gasteiger partial charge < -0.3 is 21.7 Å². The number of nitrogens with two attached hydrogens (primary N) is 1. The number of carbonyl (C=O) groups excluding carboxylic acids is 1. The second-order valence-corrected chi connectivity index (χ2v) is 10.3. The molecule has 31 heavy (non-hydrogen) atoms. The number of pyridine rings is 1. The molecule has 1 aromatic rings. The predicted molar refractivity (Wildman–Crippen MR) is 131 cm³/mol. The summed E-state index contributed by atoms with van der Waals surface area (Å²) in [4.78, 5) is 21.5. The number of hydrogen-bond donors (Lipinski definition) is 4. The summed E-state index contributed by atoms with van der Waals surface area (Å²) in [6.45, 7) is 11.9. The van der Waals surface area contributed by atoms with Crippen LogP contribution in [0.25, 0.3) is 0 Å². The molecule has 7 nitrogen and oxygen atoms in total. The van der Waals surface area contributed by atoms with Gasteiger partial charge in [0.05, 0.1) is 11.3 Å². The van der Waals surface area contributed by atoms with E-state index in [1.165, 1.54) is 12.4 Å². The number of nitrogens with zero attached hydrogens (tertiary/aromatic N) is 2. The molecule has 7 heteroatoms. The Balaban J connectivity index is 2.19. The number of aliphatic imine (C=N–C) groups is 1. The molecule has 1 amide bonds. The topological polar surface area (TPSA) is 104 Å². The lowest BCUT2D eigenvalue weighted by Crippen LogP contribution is -2.49. The predicted octanol–water partition coefficient (Wildman–Crippen LogP) is 3.90. The van der Waals surface area contributed by atoms with Crippen molar-refractivity contribution in [3.63, 3.8) is 0 Å². The van der Waals surface area contributed by atoms with Gasteiger partial charge in [0.2, 0.25) is 0 Å². The summed E-state index contributed by atoms with van der Waals surface area (Å²) >= 11 is 0. The molecule has 0 spiro atoms. The molecular formula is C24H40N6O. The number of anilines is 2. The minimum atomic E-state index is -0.183. The van der Waals surface area contributed by atoms with Crippen molar-refractivity contribution in [1.82, 2.24) is 10.3 Å². The van der Waals surface area contributed by atoms with E-state index in [9.17, 15) is 4.79 Å². The van der Waals surface area contributed by atoms with Crippen LogP contribution in [0.4, 0.5) is 11.5 Å². The van der Waals surface area contributed by atoms with Crippen LogP contribution in [0.2, 0.25) is 0 Å². The summed E-state index contributed by atoms with van der Waals surface area (Å²) in [6.07, 6.45) is 5.68. The van der Waals surface area contributed by atoms with Crippen LogP contribution in [-0.4, -0.2) is 43.8 Å². The largest absolute Gasteiger partial charge is 0.404 e. The SMILES string of the molecule is CN=CC(=CN)C(=O)NC1CC(c2ccc(NCC(C)(C)C)c(NC)n2)CCC1(C)C. The van der Waals surface area contributed by atoms with E-state index in [2.05, 4.69) is 67.7 Å². The molecular weight excluding hydrogens is 388 g/mol. The molecule has 1 aliphatic rings. The van der Waals surface area contributed by atoms with Crippen molar-refractivity contribution in [2.75, 3.05) is 31.3 Å². The monoisotopic (exact) mass is 428 g/mol. The van der Waals surface area contributed by atoms with Gasteiger partial charge in [-0.2, -0.15) is 0 Å². The summed E-state index contributed by atoms with van der Waals surface area (Å²) in [7, 11) is 3.53. The summed E-state index contributed by atoms with van der Waals surface area (Å²) in [6, 6.07) is 4.25. The lowest BCUT2D eigenvalue weighted by Gasteiger charge is -2.42. The van der Waals surface area contributed by atoms with Crippen LogP contribution in [0.3, 0.4) is 0 Å². The summed E-state index contributed by atoms with van der Waals surface area (Å²) < 4.78 is 0. The first-order chi connectivity index (χ1) is 14.5. The van der Waals surface area contributed by atoms with Crippen LogP contribution in [0.15, 0.2) is 28.9 Å². The van der Waals surface area contributed by atoms with E-state index in [1.54, 1.807) is 7.05 Å². The molecule has 0 radical (unpaired) electrons. The van der Waals surface area contributed by atoms with Gasteiger partial charge in [-0.25, -0.2) is 4.98 Å². The molecule has 1 aromatic heterocycles. The van der Waals surface area contributed by atoms with Gasteiger partial charge in [0.25, 0.3) is 5.91 Å². The van der Waals surface area contributed by atoms with E-state index >= 15 is 0 Å². The average molecular weight is 429 g/mol. The lowest BCUT2D eigenvalue weighted by molar-refractivity contribution is -0.118. The van der Waals surface area contributed by atoms with E-state index in [1.807, 2.05) is 7.05 Å². The second kappa shape index (κ2) is 10.2. The highest BCUT2D eigenvalue weighted by Crippen LogP contribution is 2.43. The zero-order valence-electron chi connectivity index (χ0n) is 20.2. The van der Waals surface area contributed by atoms with Gasteiger partial charge in [-0.1, -0.05) is 34.6 Å². The third-order valence-corrected chi connectivity index (χ3v) is 6.00. The van der Waals surface area contributed by atoms with Crippen molar-refractivity contribution in [3.8, 4) is 0 Å². The minimum absolute atomic E-state index is 0.00470. The van der Waals surface area contributed by atoms with Gasteiger partial charge in [-0.05, 0) is 42.2 Å². The lowest BCUT2D eigenvalue weighted by atomic mass is 9.68. The molecule has 1 fully saturated rings. The van der Waals surface area contributed by atoms with E-state index in [4.69, 9.17) is 10.7 Å². The van der Waals surface area contributed by atoms with E-state index < -0.39 is 0 Å². The molecule has 1 aliphatic carbocycles. The van der Waals surface area contributed by atoms with Crippen molar-refractivity contribution in [2.45, 2.75) is 65.8 Å². The second-order valence-electron chi connectivity index (χ2n) is 10.3. The molecule has 2 rings (SSSR count). The Morgan fingerprint density at radius 1 is 1.35 bits per heavy atom. The van der Waals surface area contributed by atoms with Crippen LogP contribution in [0.5, 0.6) is 0 Å². The van der Waals surface area contributed by atoms with Gasteiger partial charge in [0.15, 0.2) is 0 Å². The smallest absolute Gasteiger partial charge is 0.254 e. The Morgan fingerprint density at radius 2 is 2.06 bits per heavy atom. The Hall–Kier alpha value is -2.57. The average Bonchev–Trinajstić information content (AvgIpc) is 2.71. The standard InChI is InChI=1S/C24H40N6O/c1-23(2,3)15-28-19-9-8-18(29-21(19)27-7)16-10-11-24(4,5)20(12-16)30-22(31)17(13-25)14-26-6/h8-9,13-14,16,20,28H,10-12,15,25H2,1-7H3,(H,27,29)(H,30,31). The molecule has 172 valence electrons. The number of amides is 1. The van der Waals surface area contributed by atoms with Crippen molar-refractivity contribution in [1.29, 1.82) is 0 Å². The maximum atomic E-state index is 12.7. The Bertz CT molecular complexity index is 822. The molecule has 5 N–H and O–H groups in total. The van der Waals surface area contributed by atoms with Crippen LogP contribution in [0, 0.1) is 10.8 Å². The highest BCUT2D eigenvalue weighted by molar-refractivity contribution is 6.12. The molecule has 0 aromatic carbocycles. The quantitative estimate of drug-likeness (QED) is 0.389. The Morgan fingerprint density at radius 3 is 2.65 bits per heavy atom. The Labute approximate surface area is 187 Å². The molecule has 1 heterocycles. The van der Waals surface area contributed by atoms with E-state index in [-0.39, 0.29) is 28.7 Å². The summed E-state index contributed by atoms with van der Waals surface area (Å²) in [5.41, 5.74) is 8.24. The highest BCUT2D eigenvalue weighted by atomic mass is 16.1. The number of carbonyl (C=O) groups is 1. The van der Waals surface area contributed by atoms with Crippen molar-refractivity contribution < 1.29 is 4.79 Å². The van der Waals surface area contributed by atoms with Crippen molar-refractivity contribution in [3.05, 3.63) is 29.6 Å². The maximum Gasteiger partial charge on any atom is 0.254 e. The van der Waals surface area contributed by atoms with Crippen LogP contribution < -0.4 is 21.7 Å². The molecule has 0 bridgehead atoms. The maximum absolute atomic E-state index is 12.7. The number of rotatable bonds is 7. The molecule has 2 unspecified atom stereocenters. The van der Waals surface area contributed by atoms with Crippen LogP contribution in [0.1, 0.15) is 65.5 Å². The number of nitrogens with one attached hydrogen (secondary N) is 3. The zero-order valence-corrected chi connectivity index (χ0v) is 20.2. The minimum Gasteiger partial charge on any atom is -0.404 e. The zero-order chi connectivity index (χ0) is 23.2. The molecule has 2 atom stereocenters. The van der Waals surface area contributed by atoms with Gasteiger partial charge in [0, 0.05) is 50.7 Å². The fraction of sp³-hybridized carbons (Fsp3) is 0.625. The number of aromatic nitrogens is 1. The fourth-order valence-electron chi connectivity index (χ4n) is 3.92. The van der Waals surface area contributed by atoms with Gasteiger partial charge in [-0.3, -0.25) is 9.79 Å². The normalized spacial score (nSPS) is 21.7. The fourth-order valence-corrected chi connectivity index (χ4v) is 3.92. The third-order valence-electron chi connectivity index (χ3n) is 6.00. The van der Waals surface area contributed by atoms with Crippen LogP contribution >= 0.6 is 0 Å². The molecule has 0 aliphatic heterocycles. The third kappa shape index (κ3) is 6.71. The van der Waals surface area contributed by atoms with E-state index in [0.29, 0.717) is 5.57 Å². The number of hydrogen-bond acceptors (Lipinski definition) is 6. The first-order valence-electron chi connectivity index (χ1n) is 11.1. The van der Waals surface area contributed by atoms with Crippen molar-refractivity contribution >= 4 is 23.6 Å². The molecule has 1 saturated carbocycles. The summed E-state index contributed by atoms with van der Waals surface area (Å²) in [5, 5.41) is 9.92. The summed E-state index contributed by atoms with van der Waals surface area (Å²) in [5.74, 6) is 0.962. The van der Waals surface area contributed by atoms with Gasteiger partial charge in [-0.15, -0.1) is 0 Å². The first kappa shape index (κ1) is 24.7. The highest BCUT2D eigenvalue weighted by Gasteiger charge is 2.38. The Kier molecular flexibility index (Phi) is 8.09. The molecule has 0 saturated heterocycles. The van der Waals surface area contributed by atoms with Crippen molar-refractivity contribution in [2.24, 2.45) is 21.6 Å². The first-order valence-corrected chi connectivity index (χ1v) is 11.1. The van der Waals surface area contributed by atoms with E-state index in [0.717, 1.165) is 43.0 Å². The van der Waals surface area contributed by atoms with Gasteiger partial charge in [0.1, 0.15) is 5.82 Å². The van der Waals surface area contributed by atoms with Crippen LogP contribution in [-0.2, 0) is 4.79 Å².